The Balaban J connectivity index is 2.06. The largest absolute Gasteiger partial charge is 0.480 e. The lowest BCUT2D eigenvalue weighted by atomic mass is 9.84. The highest BCUT2D eigenvalue weighted by molar-refractivity contribution is 7.99. The Morgan fingerprint density at radius 3 is 2.52 bits per heavy atom. The van der Waals surface area contributed by atoms with Crippen molar-refractivity contribution in [3.05, 3.63) is 0 Å². The number of hydrogen-bond donors (Lipinski definition) is 2. The van der Waals surface area contributed by atoms with Gasteiger partial charge in [0.15, 0.2) is 0 Å². The van der Waals surface area contributed by atoms with Crippen LogP contribution in [-0.2, 0) is 19.1 Å². The average molecular weight is 430 g/mol. The minimum absolute atomic E-state index is 0.218. The van der Waals surface area contributed by atoms with E-state index in [9.17, 15) is 24.3 Å². The van der Waals surface area contributed by atoms with Crippen molar-refractivity contribution in [1.29, 1.82) is 0 Å². The summed E-state index contributed by atoms with van der Waals surface area (Å²) in [4.78, 5) is 52.0. The molecule has 0 radical (unpaired) electrons. The molecule has 2 aliphatic rings. The van der Waals surface area contributed by atoms with Crippen LogP contribution in [0.1, 0.15) is 47.5 Å². The molecule has 0 bridgehead atoms. The number of fused-ring (bicyclic) bond motifs is 1. The van der Waals surface area contributed by atoms with Gasteiger partial charge >= 0.3 is 12.1 Å². The fourth-order valence-electron chi connectivity index (χ4n) is 3.68. The molecule has 29 heavy (non-hydrogen) atoms. The maximum Gasteiger partial charge on any atom is 0.410 e. The third-order valence-corrected chi connectivity index (χ3v) is 6.20. The Labute approximate surface area is 175 Å². The van der Waals surface area contributed by atoms with Crippen molar-refractivity contribution in [3.8, 4) is 0 Å². The minimum Gasteiger partial charge on any atom is -0.480 e. The van der Waals surface area contributed by atoms with Crippen molar-refractivity contribution >= 4 is 35.6 Å². The summed E-state index contributed by atoms with van der Waals surface area (Å²) in [5.41, 5.74) is -1.23. The molecule has 3 amide bonds. The summed E-state index contributed by atoms with van der Waals surface area (Å²) in [6.45, 7) is 8.62. The second-order valence-electron chi connectivity index (χ2n) is 9.25. The van der Waals surface area contributed by atoms with Crippen LogP contribution in [0.3, 0.4) is 0 Å². The van der Waals surface area contributed by atoms with Gasteiger partial charge in [0.25, 0.3) is 0 Å². The predicted octanol–water partition coefficient (Wildman–Crippen LogP) is 1.51. The molecule has 2 N–H and O–H groups in total. The van der Waals surface area contributed by atoms with E-state index in [1.165, 1.54) is 11.9 Å². The lowest BCUT2D eigenvalue weighted by Crippen LogP contribution is -2.55. The molecule has 3 atom stereocenters. The van der Waals surface area contributed by atoms with Crippen molar-refractivity contribution in [2.45, 2.75) is 70.5 Å². The van der Waals surface area contributed by atoms with Gasteiger partial charge in [0.2, 0.25) is 11.8 Å². The van der Waals surface area contributed by atoms with Crippen LogP contribution in [0.2, 0.25) is 0 Å². The molecule has 0 aromatic rings. The summed E-state index contributed by atoms with van der Waals surface area (Å²) >= 11 is 1.54. The summed E-state index contributed by atoms with van der Waals surface area (Å²) in [5.74, 6) is -1.29. The van der Waals surface area contributed by atoms with Crippen LogP contribution in [0.15, 0.2) is 0 Å². The topological polar surface area (TPSA) is 116 Å². The van der Waals surface area contributed by atoms with E-state index in [0.29, 0.717) is 18.6 Å². The Hall–Kier alpha value is -1.97. The summed E-state index contributed by atoms with van der Waals surface area (Å²) in [5, 5.41) is 12.1. The summed E-state index contributed by atoms with van der Waals surface area (Å²) in [6, 6.07) is -1.75. The number of carbonyl (C=O) groups is 4. The van der Waals surface area contributed by atoms with Crippen molar-refractivity contribution in [1.82, 2.24) is 15.1 Å². The Kier molecular flexibility index (Phi) is 6.76. The molecule has 164 valence electrons. The first-order valence-electron chi connectivity index (χ1n) is 9.63. The van der Waals surface area contributed by atoms with Crippen LogP contribution in [0.4, 0.5) is 4.79 Å². The van der Waals surface area contributed by atoms with Crippen LogP contribution >= 0.6 is 11.8 Å². The number of carboxylic acid groups (broad SMARTS) is 1. The monoisotopic (exact) mass is 429 g/mol. The van der Waals surface area contributed by atoms with Crippen LogP contribution in [0.5, 0.6) is 0 Å². The van der Waals surface area contributed by atoms with Gasteiger partial charge in [-0.1, -0.05) is 13.8 Å². The molecule has 0 aliphatic carbocycles. The van der Waals surface area contributed by atoms with E-state index in [0.717, 1.165) is 4.90 Å². The first kappa shape index (κ1) is 23.3. The molecule has 2 heterocycles. The molecule has 0 aromatic heterocycles. The molecule has 2 rings (SSSR count). The van der Waals surface area contributed by atoms with Crippen LogP contribution in [0, 0.1) is 5.41 Å². The number of carbonyl (C=O) groups excluding carboxylic acids is 3. The molecule has 9 nitrogen and oxygen atoms in total. The van der Waals surface area contributed by atoms with E-state index in [2.05, 4.69) is 5.32 Å². The zero-order chi connectivity index (χ0) is 22.1. The molecule has 10 heteroatoms. The van der Waals surface area contributed by atoms with Crippen molar-refractivity contribution in [2.75, 3.05) is 19.3 Å². The van der Waals surface area contributed by atoms with Crippen LogP contribution < -0.4 is 5.32 Å². The Bertz CT molecular complexity index is 690. The van der Waals surface area contributed by atoms with Gasteiger partial charge in [-0.2, -0.15) is 0 Å². The van der Waals surface area contributed by atoms with E-state index in [4.69, 9.17) is 4.74 Å². The van der Waals surface area contributed by atoms with Crippen molar-refractivity contribution in [3.63, 3.8) is 0 Å². The van der Waals surface area contributed by atoms with Gasteiger partial charge in [-0.15, -0.1) is 11.8 Å². The normalized spacial score (nSPS) is 26.3. The lowest BCUT2D eigenvalue weighted by molar-refractivity contribution is -0.152. The average Bonchev–Trinajstić information content (AvgIpc) is 2.73. The quantitative estimate of drug-likeness (QED) is 0.696. The number of thioether (sulfide) groups is 1. The summed E-state index contributed by atoms with van der Waals surface area (Å²) in [7, 11) is 1.44. The zero-order valence-electron chi connectivity index (χ0n) is 17.9. The molecular weight excluding hydrogens is 398 g/mol. The number of ether oxygens (including phenoxy) is 1. The molecule has 2 aliphatic heterocycles. The minimum atomic E-state index is -1.04. The number of rotatable bonds is 4. The van der Waals surface area contributed by atoms with E-state index < -0.39 is 41.1 Å². The van der Waals surface area contributed by atoms with E-state index in [1.54, 1.807) is 32.5 Å². The maximum atomic E-state index is 13.1. The fourth-order valence-corrected chi connectivity index (χ4v) is 5.26. The highest BCUT2D eigenvalue weighted by Crippen LogP contribution is 2.46. The molecule has 2 fully saturated rings. The van der Waals surface area contributed by atoms with E-state index >= 15 is 0 Å². The fraction of sp³-hybridized carbons (Fsp3) is 0.789. The third-order valence-electron chi connectivity index (χ3n) is 4.95. The third kappa shape index (κ3) is 5.55. The van der Waals surface area contributed by atoms with Gasteiger partial charge < -0.3 is 25.0 Å². The van der Waals surface area contributed by atoms with Gasteiger partial charge in [0.1, 0.15) is 24.2 Å². The van der Waals surface area contributed by atoms with Gasteiger partial charge in [0, 0.05) is 7.05 Å². The molecule has 2 saturated heterocycles. The van der Waals surface area contributed by atoms with Crippen LogP contribution in [-0.4, -0.2) is 81.2 Å². The van der Waals surface area contributed by atoms with Gasteiger partial charge in [-0.25, -0.2) is 9.59 Å². The van der Waals surface area contributed by atoms with Gasteiger partial charge in [0.05, 0.1) is 5.37 Å². The predicted molar refractivity (Wildman–Crippen MR) is 108 cm³/mol. The van der Waals surface area contributed by atoms with Gasteiger partial charge in [-0.3, -0.25) is 9.59 Å². The number of amides is 3. The standard InChI is InChI=1S/C19H31N3O6S/c1-18(2,3)28-17(27)21(6)10-12(23)20-11-7-8-29-13-9-19(4,5)14(16(25)26)22(13)15(11)24/h11,13-14H,7-10H2,1-6H3,(H,20,23)(H,25,26)/t11-,13-,14+/m0/s1. The zero-order valence-corrected chi connectivity index (χ0v) is 18.7. The van der Waals surface area contributed by atoms with E-state index in [1.807, 2.05) is 13.8 Å². The van der Waals surface area contributed by atoms with Crippen LogP contribution in [0.25, 0.3) is 0 Å². The Morgan fingerprint density at radius 2 is 1.97 bits per heavy atom. The van der Waals surface area contributed by atoms with Crippen molar-refractivity contribution < 1.29 is 29.0 Å². The second kappa shape index (κ2) is 8.41. The molecular formula is C19H31N3O6S. The summed E-state index contributed by atoms with van der Waals surface area (Å²) < 4.78 is 5.21. The van der Waals surface area contributed by atoms with E-state index in [-0.39, 0.29) is 17.8 Å². The van der Waals surface area contributed by atoms with Gasteiger partial charge in [-0.05, 0) is 44.8 Å². The number of carboxylic acids is 1. The molecule has 0 unspecified atom stereocenters. The number of aliphatic carboxylic acids is 1. The van der Waals surface area contributed by atoms with Crippen molar-refractivity contribution in [2.24, 2.45) is 5.41 Å². The summed E-state index contributed by atoms with van der Waals surface area (Å²) in [6.07, 6.45) is 0.357. The number of hydrogen-bond acceptors (Lipinski definition) is 6. The maximum absolute atomic E-state index is 13.1. The second-order valence-corrected chi connectivity index (χ2v) is 10.5. The molecule has 0 spiro atoms. The number of nitrogens with one attached hydrogen (secondary N) is 1. The Morgan fingerprint density at radius 1 is 1.34 bits per heavy atom. The highest BCUT2D eigenvalue weighted by atomic mass is 32.2. The lowest BCUT2D eigenvalue weighted by Gasteiger charge is -2.32. The SMILES string of the molecule is CN(CC(=O)N[C@H]1CCS[C@H]2CC(C)(C)[C@@H](C(=O)O)N2C1=O)C(=O)OC(C)(C)C. The smallest absolute Gasteiger partial charge is 0.410 e. The first-order valence-corrected chi connectivity index (χ1v) is 10.7. The number of likely N-dealkylation sites (N-methyl/N-ethyl adjacent to an activating group) is 1. The first-order chi connectivity index (χ1) is 13.2. The molecule has 0 saturated carbocycles. The highest BCUT2D eigenvalue weighted by Gasteiger charge is 2.54. The molecule has 0 aromatic carbocycles. The number of nitrogens with zero attached hydrogens (tertiary/aromatic N) is 2.